The highest BCUT2D eigenvalue weighted by Gasteiger charge is 1.72. The van der Waals surface area contributed by atoms with Crippen molar-refractivity contribution < 1.29 is 0 Å². The summed E-state index contributed by atoms with van der Waals surface area (Å²) in [6.07, 6.45) is 5.34. The van der Waals surface area contributed by atoms with Gasteiger partial charge in [-0.3, -0.25) is 0 Å². The molecule has 4 radical (unpaired) electrons. The molecule has 0 unspecified atom stereocenters. The van der Waals surface area contributed by atoms with Gasteiger partial charge in [0.05, 0.1) is 0 Å². The third-order valence-corrected chi connectivity index (χ3v) is 1.25. The van der Waals surface area contributed by atoms with Gasteiger partial charge in [0.15, 0.2) is 0 Å². The Morgan fingerprint density at radius 2 is 1.83 bits per heavy atom. The Morgan fingerprint density at radius 3 is 2.00 bits per heavy atom. The highest BCUT2D eigenvalue weighted by atomic mass is 14.8. The Hall–Kier alpha value is -1.31. The van der Waals surface area contributed by atoms with Gasteiger partial charge in [0, 0.05) is 0 Å². The lowest BCUT2D eigenvalue weighted by Crippen LogP contribution is -1.98. The van der Waals surface area contributed by atoms with Crippen LogP contribution in [-0.4, -0.2) is 25.3 Å². The van der Waals surface area contributed by atoms with Crippen LogP contribution in [-0.2, 0) is 0 Å². The molecule has 0 bridgehead atoms. The van der Waals surface area contributed by atoms with E-state index in [1.165, 1.54) is 4.48 Å². The molecule has 12 heavy (non-hydrogen) atoms. The van der Waals surface area contributed by atoms with E-state index in [4.69, 9.17) is 15.8 Å². The molecule has 0 aliphatic heterocycles. The molecule has 2 heterocycles. The predicted molar refractivity (Wildman–Crippen MR) is 51.8 cm³/mol. The monoisotopic (exact) mass is 154 g/mol. The molecule has 0 saturated carbocycles. The minimum Gasteiger partial charge on any atom is -0.409 e. The summed E-state index contributed by atoms with van der Waals surface area (Å²) in [5, 5.41) is 0. The highest BCUT2D eigenvalue weighted by Crippen LogP contribution is 1.79. The van der Waals surface area contributed by atoms with E-state index >= 15 is 0 Å². The maximum atomic E-state index is 5.22. The van der Waals surface area contributed by atoms with Gasteiger partial charge in [-0.25, -0.2) is 0 Å². The summed E-state index contributed by atoms with van der Waals surface area (Å²) in [6.45, 7) is 0. The zero-order chi connectivity index (χ0) is 8.81. The third-order valence-electron chi connectivity index (χ3n) is 1.25. The number of rotatable bonds is 0. The van der Waals surface area contributed by atoms with E-state index in [1.807, 2.05) is 18.2 Å². The van der Waals surface area contributed by atoms with Crippen LogP contribution in [0.5, 0.6) is 0 Å². The minimum atomic E-state index is 0.718. The molecule has 0 amide bonds. The molecule has 2 rings (SSSR count). The summed E-state index contributed by atoms with van der Waals surface area (Å²) >= 11 is 0. The average molecular weight is 154 g/mol. The lowest BCUT2D eigenvalue weighted by atomic mass is 10.1. The Morgan fingerprint density at radius 1 is 1.17 bits per heavy atom. The quantitative estimate of drug-likeness (QED) is 0.524. The number of H-pyrrole nitrogens is 1. The van der Waals surface area contributed by atoms with Gasteiger partial charge < -0.3 is 9.46 Å². The Bertz CT molecular complexity index is 254. The molecule has 2 aromatic rings. The van der Waals surface area contributed by atoms with Crippen molar-refractivity contribution in [1.82, 2.24) is 9.46 Å². The van der Waals surface area contributed by atoms with Gasteiger partial charge >= 0.3 is 0 Å². The Kier molecular flexibility index (Phi) is 3.33. The van der Waals surface area contributed by atoms with Gasteiger partial charge in [0.25, 0.3) is 0 Å². The van der Waals surface area contributed by atoms with Crippen molar-refractivity contribution >= 4 is 21.4 Å². The van der Waals surface area contributed by atoms with Crippen molar-refractivity contribution in [2.24, 2.45) is 0 Å². The van der Waals surface area contributed by atoms with Crippen molar-refractivity contribution in [3.8, 4) is 0 Å². The highest BCUT2D eigenvalue weighted by molar-refractivity contribution is 6.30. The summed E-state index contributed by atoms with van der Waals surface area (Å²) in [7, 11) is 10.4. The second-order valence-electron chi connectivity index (χ2n) is 2.26. The summed E-state index contributed by atoms with van der Waals surface area (Å²) in [6, 6.07) is 7.41. The predicted octanol–water partition coefficient (Wildman–Crippen LogP) is 0.228. The topological polar surface area (TPSA) is 20.7 Å². The fourth-order valence-corrected chi connectivity index (χ4v) is 0.692. The SMILES string of the molecule is [B]c1ccc[nH]1.[B]n1cccc1. The molecule has 0 aliphatic rings. The van der Waals surface area contributed by atoms with Crippen molar-refractivity contribution in [1.29, 1.82) is 0 Å². The van der Waals surface area contributed by atoms with Crippen molar-refractivity contribution in [2.45, 2.75) is 0 Å². The molecule has 0 aromatic carbocycles. The van der Waals surface area contributed by atoms with Crippen LogP contribution < -0.4 is 5.59 Å². The van der Waals surface area contributed by atoms with Crippen molar-refractivity contribution in [3.63, 3.8) is 0 Å². The first-order chi connectivity index (χ1) is 5.79. The molecular formula is C8H8B2N2. The van der Waals surface area contributed by atoms with Crippen LogP contribution in [0.25, 0.3) is 0 Å². The number of aromatic nitrogens is 2. The van der Waals surface area contributed by atoms with E-state index < -0.39 is 0 Å². The molecule has 0 spiro atoms. The molecule has 0 saturated heterocycles. The van der Waals surface area contributed by atoms with Crippen LogP contribution in [0.15, 0.2) is 42.9 Å². The van der Waals surface area contributed by atoms with Gasteiger partial charge in [-0.1, -0.05) is 6.07 Å². The lowest BCUT2D eigenvalue weighted by molar-refractivity contribution is 1.26. The lowest BCUT2D eigenvalue weighted by Gasteiger charge is -1.78. The normalized spacial score (nSPS) is 8.67. The molecule has 2 nitrogen and oxygen atoms in total. The van der Waals surface area contributed by atoms with Gasteiger partial charge in [0.1, 0.15) is 7.85 Å². The largest absolute Gasteiger partial charge is 0.409 e. The fraction of sp³-hybridized carbons (Fsp3) is 0. The first kappa shape index (κ1) is 8.78. The minimum absolute atomic E-state index is 0.718. The van der Waals surface area contributed by atoms with Gasteiger partial charge in [-0.15, -0.1) is 0 Å². The standard InChI is InChI=1S/2C4H4BN/c5-6-3-1-2-4-6;5-4-2-1-3-6-4/h1-4H;1-3,6H. The van der Waals surface area contributed by atoms with E-state index in [9.17, 15) is 0 Å². The van der Waals surface area contributed by atoms with E-state index in [1.54, 1.807) is 24.7 Å². The number of hydrogen-bond donors (Lipinski definition) is 1. The molecule has 0 fully saturated rings. The third kappa shape index (κ3) is 3.19. The van der Waals surface area contributed by atoms with Gasteiger partial charge in [-0.2, -0.15) is 0 Å². The summed E-state index contributed by atoms with van der Waals surface area (Å²) in [5.74, 6) is 0. The number of hydrogen-bond acceptors (Lipinski definition) is 0. The molecule has 1 N–H and O–H groups in total. The van der Waals surface area contributed by atoms with Crippen LogP contribution in [0.2, 0.25) is 0 Å². The number of aromatic amines is 1. The zero-order valence-electron chi connectivity index (χ0n) is 6.64. The second-order valence-corrected chi connectivity index (χ2v) is 2.26. The van der Waals surface area contributed by atoms with Gasteiger partial charge in [-0.05, 0) is 42.4 Å². The molecule has 0 aliphatic carbocycles. The summed E-state index contributed by atoms with van der Waals surface area (Å²) in [4.78, 5) is 2.78. The van der Waals surface area contributed by atoms with Crippen LogP contribution in [0.1, 0.15) is 0 Å². The van der Waals surface area contributed by atoms with Crippen molar-refractivity contribution in [2.75, 3.05) is 0 Å². The zero-order valence-corrected chi connectivity index (χ0v) is 6.64. The number of nitrogens with zero attached hydrogens (tertiary/aromatic N) is 1. The van der Waals surface area contributed by atoms with E-state index in [2.05, 4.69) is 4.98 Å². The molecular weight excluding hydrogens is 146 g/mol. The van der Waals surface area contributed by atoms with Crippen LogP contribution in [0, 0.1) is 0 Å². The first-order valence-electron chi connectivity index (χ1n) is 3.56. The molecule has 56 valence electrons. The molecule has 2 aromatic heterocycles. The Labute approximate surface area is 74.4 Å². The summed E-state index contributed by atoms with van der Waals surface area (Å²) < 4.78 is 1.50. The maximum absolute atomic E-state index is 5.22. The van der Waals surface area contributed by atoms with Crippen LogP contribution in [0.3, 0.4) is 0 Å². The van der Waals surface area contributed by atoms with E-state index in [0.29, 0.717) is 0 Å². The first-order valence-corrected chi connectivity index (χ1v) is 3.56. The van der Waals surface area contributed by atoms with E-state index in [0.717, 1.165) is 5.59 Å². The fourth-order valence-electron chi connectivity index (χ4n) is 0.692. The Balaban J connectivity index is 0.000000120. The van der Waals surface area contributed by atoms with Crippen LogP contribution >= 0.6 is 0 Å². The summed E-state index contributed by atoms with van der Waals surface area (Å²) in [5.41, 5.74) is 0.718. The average Bonchev–Trinajstić information content (AvgIpc) is 2.63. The van der Waals surface area contributed by atoms with Gasteiger partial charge in [0.2, 0.25) is 7.98 Å². The maximum Gasteiger partial charge on any atom is 0.233 e. The van der Waals surface area contributed by atoms with Crippen molar-refractivity contribution in [3.05, 3.63) is 42.9 Å². The smallest absolute Gasteiger partial charge is 0.233 e. The van der Waals surface area contributed by atoms with Crippen LogP contribution in [0.4, 0.5) is 0 Å². The second kappa shape index (κ2) is 4.54. The molecule has 0 atom stereocenters. The van der Waals surface area contributed by atoms with E-state index in [-0.39, 0.29) is 0 Å². The molecule has 4 heteroatoms. The number of nitrogens with one attached hydrogen (secondary N) is 1.